The third-order valence-electron chi connectivity index (χ3n) is 3.19. The van der Waals surface area contributed by atoms with Crippen LogP contribution >= 0.6 is 0 Å². The predicted molar refractivity (Wildman–Crippen MR) is 69.8 cm³/mol. The van der Waals surface area contributed by atoms with Crippen LogP contribution in [-0.4, -0.2) is 24.7 Å². The number of nitrogens with one attached hydrogen (secondary N) is 1. The van der Waals surface area contributed by atoms with Gasteiger partial charge in [0.2, 0.25) is 0 Å². The van der Waals surface area contributed by atoms with Crippen LogP contribution in [0.1, 0.15) is 53.9 Å². The van der Waals surface area contributed by atoms with Gasteiger partial charge in [0, 0.05) is 0 Å². The summed E-state index contributed by atoms with van der Waals surface area (Å²) < 4.78 is 5.61. The quantitative estimate of drug-likeness (QED) is 0.772. The van der Waals surface area contributed by atoms with E-state index in [1.807, 2.05) is 20.8 Å². The first-order valence-corrected chi connectivity index (χ1v) is 6.69. The molecule has 0 unspecified atom stereocenters. The van der Waals surface area contributed by atoms with Crippen LogP contribution < -0.4 is 5.32 Å². The zero-order valence-electron chi connectivity index (χ0n) is 11.9. The Kier molecular flexibility index (Phi) is 4.59. The number of esters is 1. The minimum absolute atomic E-state index is 0.000185. The number of rotatable bonds is 3. The monoisotopic (exact) mass is 241 g/mol. The third-order valence-corrected chi connectivity index (χ3v) is 3.19. The van der Waals surface area contributed by atoms with Gasteiger partial charge in [-0.2, -0.15) is 0 Å². The molecule has 1 heterocycles. The van der Waals surface area contributed by atoms with Gasteiger partial charge >= 0.3 is 5.97 Å². The first-order chi connectivity index (χ1) is 7.75. The summed E-state index contributed by atoms with van der Waals surface area (Å²) in [5, 5.41) is 3.32. The maximum Gasteiger partial charge on any atom is 0.312 e. The summed E-state index contributed by atoms with van der Waals surface area (Å²) in [6.45, 7) is 12.0. The van der Waals surface area contributed by atoms with E-state index in [-0.39, 0.29) is 17.0 Å². The Hall–Kier alpha value is -0.570. The van der Waals surface area contributed by atoms with Crippen LogP contribution in [0, 0.1) is 11.3 Å². The lowest BCUT2D eigenvalue weighted by molar-refractivity contribution is -0.170. The Bertz CT molecular complexity index is 260. The standard InChI is InChI=1S/C14H27NO2/c1-11(2)10-14(6-8-15-9-7-14)12(16)17-13(3,4)5/h11,15H,6-10H2,1-5H3. The van der Waals surface area contributed by atoms with Gasteiger partial charge in [0.1, 0.15) is 5.60 Å². The predicted octanol–water partition coefficient (Wildman–Crippen LogP) is 2.74. The molecular weight excluding hydrogens is 214 g/mol. The average Bonchev–Trinajstić information content (AvgIpc) is 2.15. The number of piperidine rings is 1. The molecule has 0 amide bonds. The van der Waals surface area contributed by atoms with Crippen molar-refractivity contribution in [3.8, 4) is 0 Å². The van der Waals surface area contributed by atoms with Crippen LogP contribution in [0.2, 0.25) is 0 Å². The second-order valence-electron chi connectivity index (χ2n) is 6.63. The Morgan fingerprint density at radius 3 is 2.24 bits per heavy atom. The Labute approximate surface area is 105 Å². The van der Waals surface area contributed by atoms with Crippen molar-refractivity contribution in [1.29, 1.82) is 0 Å². The van der Waals surface area contributed by atoms with Crippen molar-refractivity contribution in [2.75, 3.05) is 13.1 Å². The van der Waals surface area contributed by atoms with Crippen LogP contribution in [0.5, 0.6) is 0 Å². The SMILES string of the molecule is CC(C)CC1(C(=O)OC(C)(C)C)CCNCC1. The van der Waals surface area contributed by atoms with Crippen LogP contribution in [0.15, 0.2) is 0 Å². The summed E-state index contributed by atoms with van der Waals surface area (Å²) in [7, 11) is 0. The molecule has 1 saturated heterocycles. The van der Waals surface area contributed by atoms with E-state index in [4.69, 9.17) is 4.74 Å². The second kappa shape index (κ2) is 5.38. The molecule has 0 bridgehead atoms. The minimum atomic E-state index is -0.383. The molecular formula is C14H27NO2. The first-order valence-electron chi connectivity index (χ1n) is 6.69. The van der Waals surface area contributed by atoms with E-state index in [0.29, 0.717) is 5.92 Å². The average molecular weight is 241 g/mol. The van der Waals surface area contributed by atoms with E-state index in [0.717, 1.165) is 32.4 Å². The van der Waals surface area contributed by atoms with Gasteiger partial charge in [-0.15, -0.1) is 0 Å². The van der Waals surface area contributed by atoms with Crippen molar-refractivity contribution < 1.29 is 9.53 Å². The van der Waals surface area contributed by atoms with E-state index in [2.05, 4.69) is 19.2 Å². The molecule has 17 heavy (non-hydrogen) atoms. The zero-order chi connectivity index (χ0) is 13.1. The van der Waals surface area contributed by atoms with E-state index < -0.39 is 0 Å². The summed E-state index contributed by atoms with van der Waals surface area (Å²) >= 11 is 0. The highest BCUT2D eigenvalue weighted by Crippen LogP contribution is 2.38. The van der Waals surface area contributed by atoms with Gasteiger partial charge in [0.05, 0.1) is 5.41 Å². The summed E-state index contributed by atoms with van der Waals surface area (Å²) in [6.07, 6.45) is 2.74. The normalized spacial score (nSPS) is 20.4. The second-order valence-corrected chi connectivity index (χ2v) is 6.63. The Morgan fingerprint density at radius 2 is 1.82 bits per heavy atom. The van der Waals surface area contributed by atoms with Gasteiger partial charge in [-0.1, -0.05) is 13.8 Å². The molecule has 1 aliphatic rings. The van der Waals surface area contributed by atoms with E-state index in [1.165, 1.54) is 0 Å². The topological polar surface area (TPSA) is 38.3 Å². The fourth-order valence-corrected chi connectivity index (χ4v) is 2.56. The van der Waals surface area contributed by atoms with E-state index in [1.54, 1.807) is 0 Å². The molecule has 1 fully saturated rings. The van der Waals surface area contributed by atoms with Gasteiger partial charge in [-0.05, 0) is 59.0 Å². The number of carbonyl (C=O) groups is 1. The van der Waals surface area contributed by atoms with Crippen LogP contribution in [-0.2, 0) is 9.53 Å². The maximum atomic E-state index is 12.4. The van der Waals surface area contributed by atoms with Crippen molar-refractivity contribution in [2.24, 2.45) is 11.3 Å². The van der Waals surface area contributed by atoms with Gasteiger partial charge in [0.25, 0.3) is 0 Å². The van der Waals surface area contributed by atoms with Crippen molar-refractivity contribution in [2.45, 2.75) is 59.5 Å². The zero-order valence-corrected chi connectivity index (χ0v) is 11.9. The van der Waals surface area contributed by atoms with Gasteiger partial charge in [-0.25, -0.2) is 0 Å². The number of carbonyl (C=O) groups excluding carboxylic acids is 1. The molecule has 1 N–H and O–H groups in total. The molecule has 0 aromatic carbocycles. The maximum absolute atomic E-state index is 12.4. The highest BCUT2D eigenvalue weighted by molar-refractivity contribution is 5.77. The van der Waals surface area contributed by atoms with Crippen molar-refractivity contribution in [3.05, 3.63) is 0 Å². The first kappa shape index (κ1) is 14.5. The van der Waals surface area contributed by atoms with E-state index >= 15 is 0 Å². The van der Waals surface area contributed by atoms with Crippen molar-refractivity contribution in [1.82, 2.24) is 5.32 Å². The summed E-state index contributed by atoms with van der Waals surface area (Å²) in [5.74, 6) is 0.529. The molecule has 0 aromatic heterocycles. The van der Waals surface area contributed by atoms with Gasteiger partial charge < -0.3 is 10.1 Å². The van der Waals surface area contributed by atoms with Gasteiger partial charge in [0.15, 0.2) is 0 Å². The van der Waals surface area contributed by atoms with Crippen molar-refractivity contribution >= 4 is 5.97 Å². The van der Waals surface area contributed by atoms with Crippen LogP contribution in [0.25, 0.3) is 0 Å². The summed E-state index contributed by atoms with van der Waals surface area (Å²) in [6, 6.07) is 0. The van der Waals surface area contributed by atoms with Crippen molar-refractivity contribution in [3.63, 3.8) is 0 Å². The third kappa shape index (κ3) is 4.30. The summed E-state index contributed by atoms with van der Waals surface area (Å²) in [4.78, 5) is 12.4. The number of ether oxygens (including phenoxy) is 1. The molecule has 0 spiro atoms. The highest BCUT2D eigenvalue weighted by atomic mass is 16.6. The molecule has 100 valence electrons. The molecule has 1 rings (SSSR count). The fraction of sp³-hybridized carbons (Fsp3) is 0.929. The molecule has 3 heteroatoms. The van der Waals surface area contributed by atoms with Crippen LogP contribution in [0.3, 0.4) is 0 Å². The molecule has 0 saturated carbocycles. The Balaban J connectivity index is 2.78. The fourth-order valence-electron chi connectivity index (χ4n) is 2.56. The summed E-state index contributed by atoms with van der Waals surface area (Å²) in [5.41, 5.74) is -0.640. The molecule has 3 nitrogen and oxygen atoms in total. The number of hydrogen-bond donors (Lipinski definition) is 1. The molecule has 0 aromatic rings. The molecule has 0 radical (unpaired) electrons. The Morgan fingerprint density at radius 1 is 1.29 bits per heavy atom. The molecule has 1 aliphatic heterocycles. The van der Waals surface area contributed by atoms with E-state index in [9.17, 15) is 4.79 Å². The molecule has 0 aliphatic carbocycles. The van der Waals surface area contributed by atoms with Gasteiger partial charge in [-0.3, -0.25) is 4.79 Å². The smallest absolute Gasteiger partial charge is 0.312 e. The minimum Gasteiger partial charge on any atom is -0.460 e. The lowest BCUT2D eigenvalue weighted by Crippen LogP contribution is -2.45. The number of hydrogen-bond acceptors (Lipinski definition) is 3. The highest BCUT2D eigenvalue weighted by Gasteiger charge is 2.42. The largest absolute Gasteiger partial charge is 0.460 e. The lowest BCUT2D eigenvalue weighted by Gasteiger charge is -2.38. The molecule has 0 atom stereocenters. The lowest BCUT2D eigenvalue weighted by atomic mass is 9.73. The van der Waals surface area contributed by atoms with Crippen LogP contribution in [0.4, 0.5) is 0 Å².